The van der Waals surface area contributed by atoms with Crippen molar-refractivity contribution in [2.45, 2.75) is 32.4 Å². The predicted molar refractivity (Wildman–Crippen MR) is 74.4 cm³/mol. The summed E-state index contributed by atoms with van der Waals surface area (Å²) in [4.78, 5) is 0. The van der Waals surface area contributed by atoms with Gasteiger partial charge in [-0.3, -0.25) is 0 Å². The average Bonchev–Trinajstić information content (AvgIpc) is 2.18. The Bertz CT molecular complexity index is 435. The van der Waals surface area contributed by atoms with Gasteiger partial charge in [-0.05, 0) is 44.9 Å². The van der Waals surface area contributed by atoms with Gasteiger partial charge in [-0.2, -0.15) is 4.40 Å². The molecule has 2 nitrogen and oxygen atoms in total. The third-order valence-corrected chi connectivity index (χ3v) is 4.22. The van der Waals surface area contributed by atoms with Gasteiger partial charge in [-0.15, -0.1) is 0 Å². The number of aryl methyl sites for hydroxylation is 1. The smallest absolute Gasteiger partial charge is 0.144 e. The Labute approximate surface area is 108 Å². The van der Waals surface area contributed by atoms with E-state index in [9.17, 15) is 4.21 Å². The Morgan fingerprint density at radius 3 is 2.50 bits per heavy atom. The van der Waals surface area contributed by atoms with Gasteiger partial charge in [0.25, 0.3) is 0 Å². The minimum atomic E-state index is -1.20. The summed E-state index contributed by atoms with van der Waals surface area (Å²) in [6.45, 7) is 7.75. The van der Waals surface area contributed by atoms with Gasteiger partial charge in [0.1, 0.15) is 11.0 Å². The molecule has 1 aromatic carbocycles. The second kappa shape index (κ2) is 5.23. The summed E-state index contributed by atoms with van der Waals surface area (Å²) in [7, 11) is -1.20. The lowest BCUT2D eigenvalue weighted by Crippen LogP contribution is -2.19. The first-order valence-electron chi connectivity index (χ1n) is 5.03. The van der Waals surface area contributed by atoms with E-state index in [0.717, 1.165) is 10.0 Å². The molecule has 0 amide bonds. The van der Waals surface area contributed by atoms with Crippen LogP contribution in [-0.4, -0.2) is 15.2 Å². The maximum absolute atomic E-state index is 11.7. The van der Waals surface area contributed by atoms with Crippen molar-refractivity contribution in [3.05, 3.63) is 33.8 Å². The molecule has 0 fully saturated rings. The SMILES string of the molecule is Cc1ccc(C=N[S@@](=O)C(C)(C)C)cc1Br. The summed E-state index contributed by atoms with van der Waals surface area (Å²) < 4.78 is 16.5. The molecule has 0 unspecified atom stereocenters. The van der Waals surface area contributed by atoms with Gasteiger partial charge in [0, 0.05) is 10.7 Å². The summed E-state index contributed by atoms with van der Waals surface area (Å²) in [5, 5.41) is 0. The number of hydrogen-bond acceptors (Lipinski definition) is 1. The minimum absolute atomic E-state index is 0.307. The molecule has 4 heteroatoms. The van der Waals surface area contributed by atoms with Crippen molar-refractivity contribution in [3.8, 4) is 0 Å². The lowest BCUT2D eigenvalue weighted by molar-refractivity contribution is 0.651. The number of rotatable bonds is 2. The van der Waals surface area contributed by atoms with Gasteiger partial charge in [-0.25, -0.2) is 4.21 Å². The standard InChI is InChI=1S/C12H16BrNOS/c1-9-5-6-10(7-11(9)13)8-14-16(15)12(2,3)4/h5-8H,1-4H3/t16-/m0/s1. The van der Waals surface area contributed by atoms with E-state index < -0.39 is 11.0 Å². The molecule has 0 bridgehead atoms. The molecule has 16 heavy (non-hydrogen) atoms. The molecule has 0 spiro atoms. The Morgan fingerprint density at radius 2 is 2.00 bits per heavy atom. The molecule has 0 aliphatic carbocycles. The van der Waals surface area contributed by atoms with Gasteiger partial charge in [0.15, 0.2) is 0 Å². The van der Waals surface area contributed by atoms with Gasteiger partial charge in [-0.1, -0.05) is 28.1 Å². The van der Waals surface area contributed by atoms with E-state index in [0.29, 0.717) is 0 Å². The monoisotopic (exact) mass is 301 g/mol. The summed E-state index contributed by atoms with van der Waals surface area (Å²) >= 11 is 3.46. The van der Waals surface area contributed by atoms with Crippen molar-refractivity contribution < 1.29 is 4.21 Å². The van der Waals surface area contributed by atoms with Crippen LogP contribution in [0.5, 0.6) is 0 Å². The topological polar surface area (TPSA) is 29.4 Å². The Kier molecular flexibility index (Phi) is 4.44. The first kappa shape index (κ1) is 13.6. The molecular weight excluding hydrogens is 286 g/mol. The zero-order valence-electron chi connectivity index (χ0n) is 9.95. The highest BCUT2D eigenvalue weighted by Crippen LogP contribution is 2.17. The minimum Gasteiger partial charge on any atom is -0.234 e. The molecule has 0 saturated heterocycles. The van der Waals surface area contributed by atoms with Crippen molar-refractivity contribution in [3.63, 3.8) is 0 Å². The Morgan fingerprint density at radius 1 is 1.38 bits per heavy atom. The zero-order chi connectivity index (χ0) is 12.3. The highest BCUT2D eigenvalue weighted by atomic mass is 79.9. The normalized spacial score (nSPS) is 14.3. The molecule has 0 aliphatic heterocycles. The molecule has 0 aliphatic rings. The van der Waals surface area contributed by atoms with Gasteiger partial charge < -0.3 is 0 Å². The second-order valence-electron chi connectivity index (χ2n) is 4.60. The third-order valence-electron chi connectivity index (χ3n) is 2.02. The van der Waals surface area contributed by atoms with Crippen LogP contribution in [0, 0.1) is 6.92 Å². The molecule has 1 aromatic rings. The van der Waals surface area contributed by atoms with Crippen molar-refractivity contribution in [2.24, 2.45) is 4.40 Å². The number of halogens is 1. The fraction of sp³-hybridized carbons (Fsp3) is 0.417. The fourth-order valence-electron chi connectivity index (χ4n) is 0.956. The maximum Gasteiger partial charge on any atom is 0.144 e. The van der Waals surface area contributed by atoms with Crippen LogP contribution in [0.25, 0.3) is 0 Å². The van der Waals surface area contributed by atoms with Crippen molar-refractivity contribution in [1.82, 2.24) is 0 Å². The van der Waals surface area contributed by atoms with Gasteiger partial charge in [0.2, 0.25) is 0 Å². The predicted octanol–water partition coefficient (Wildman–Crippen LogP) is 3.64. The molecule has 1 rings (SSSR count). The first-order chi connectivity index (χ1) is 7.30. The van der Waals surface area contributed by atoms with E-state index in [1.165, 1.54) is 5.56 Å². The van der Waals surface area contributed by atoms with Crippen molar-refractivity contribution in [2.75, 3.05) is 0 Å². The van der Waals surface area contributed by atoms with Crippen molar-refractivity contribution in [1.29, 1.82) is 0 Å². The summed E-state index contributed by atoms with van der Waals surface area (Å²) in [5.41, 5.74) is 2.13. The third kappa shape index (κ3) is 3.83. The van der Waals surface area contributed by atoms with E-state index in [1.807, 2.05) is 45.9 Å². The zero-order valence-corrected chi connectivity index (χ0v) is 12.4. The highest BCUT2D eigenvalue weighted by molar-refractivity contribution is 9.10. The number of benzene rings is 1. The van der Waals surface area contributed by atoms with Crippen LogP contribution in [-0.2, 0) is 11.0 Å². The largest absolute Gasteiger partial charge is 0.234 e. The lowest BCUT2D eigenvalue weighted by atomic mass is 10.2. The summed E-state index contributed by atoms with van der Waals surface area (Å²) in [5.74, 6) is 0. The van der Waals surface area contributed by atoms with Gasteiger partial charge in [0.05, 0.1) is 4.75 Å². The molecule has 0 N–H and O–H groups in total. The molecule has 0 radical (unpaired) electrons. The van der Waals surface area contributed by atoms with Crippen LogP contribution < -0.4 is 0 Å². The molecule has 0 aromatic heterocycles. The first-order valence-corrected chi connectivity index (χ1v) is 6.93. The fourth-order valence-corrected chi connectivity index (χ4v) is 1.89. The van der Waals surface area contributed by atoms with Crippen LogP contribution >= 0.6 is 15.9 Å². The lowest BCUT2D eigenvalue weighted by Gasteiger charge is -2.12. The quantitative estimate of drug-likeness (QED) is 0.767. The molecule has 88 valence electrons. The summed E-state index contributed by atoms with van der Waals surface area (Å²) in [6, 6.07) is 5.94. The van der Waals surface area contributed by atoms with Crippen molar-refractivity contribution >= 4 is 33.1 Å². The number of hydrogen-bond donors (Lipinski definition) is 0. The highest BCUT2D eigenvalue weighted by Gasteiger charge is 2.17. The Balaban J connectivity index is 2.85. The average molecular weight is 302 g/mol. The van der Waals surface area contributed by atoms with E-state index in [4.69, 9.17) is 0 Å². The van der Waals surface area contributed by atoms with E-state index in [-0.39, 0.29) is 4.75 Å². The van der Waals surface area contributed by atoms with Crippen LogP contribution in [0.15, 0.2) is 27.1 Å². The molecule has 1 atom stereocenters. The Hall–Kier alpha value is -0.480. The van der Waals surface area contributed by atoms with E-state index >= 15 is 0 Å². The molecular formula is C12H16BrNOS. The summed E-state index contributed by atoms with van der Waals surface area (Å²) in [6.07, 6.45) is 1.66. The second-order valence-corrected chi connectivity index (χ2v) is 7.39. The van der Waals surface area contributed by atoms with Crippen LogP contribution in [0.2, 0.25) is 0 Å². The van der Waals surface area contributed by atoms with Crippen LogP contribution in [0.1, 0.15) is 31.9 Å². The van der Waals surface area contributed by atoms with Crippen LogP contribution in [0.4, 0.5) is 0 Å². The van der Waals surface area contributed by atoms with Crippen LogP contribution in [0.3, 0.4) is 0 Å². The molecule has 0 saturated carbocycles. The van der Waals surface area contributed by atoms with E-state index in [2.05, 4.69) is 20.3 Å². The maximum atomic E-state index is 11.7. The van der Waals surface area contributed by atoms with E-state index in [1.54, 1.807) is 6.21 Å². The van der Waals surface area contributed by atoms with Gasteiger partial charge >= 0.3 is 0 Å². The number of nitrogens with zero attached hydrogens (tertiary/aromatic N) is 1. The molecule has 0 heterocycles.